The van der Waals surface area contributed by atoms with Gasteiger partial charge in [0.2, 0.25) is 5.91 Å². The van der Waals surface area contributed by atoms with Crippen molar-refractivity contribution in [2.75, 3.05) is 32.1 Å². The summed E-state index contributed by atoms with van der Waals surface area (Å²) in [5.74, 6) is -1.49. The molecule has 0 fully saturated rings. The van der Waals surface area contributed by atoms with Crippen LogP contribution in [-0.4, -0.2) is 43.0 Å². The second kappa shape index (κ2) is 8.10. The fraction of sp³-hybridized carbons (Fsp3) is 0.300. The maximum Gasteiger partial charge on any atom is 0.233 e. The lowest BCUT2D eigenvalue weighted by atomic mass is 10.1. The van der Waals surface area contributed by atoms with Crippen molar-refractivity contribution in [3.8, 4) is 0 Å². The molecule has 0 saturated heterocycles. The number of rotatable bonds is 6. The first-order valence-electron chi connectivity index (χ1n) is 8.59. The Morgan fingerprint density at radius 2 is 1.93 bits per heavy atom. The summed E-state index contributed by atoms with van der Waals surface area (Å²) in [6, 6.07) is 9.82. The van der Waals surface area contributed by atoms with Gasteiger partial charge in [-0.3, -0.25) is 9.69 Å². The second-order valence-corrected chi connectivity index (χ2v) is 7.75. The number of thiazole rings is 1. The number of likely N-dealkylation sites (N-methyl/N-ethyl adjacent to an activating group) is 1. The summed E-state index contributed by atoms with van der Waals surface area (Å²) in [5.41, 5.74) is 2.08. The highest BCUT2D eigenvalue weighted by atomic mass is 32.1. The summed E-state index contributed by atoms with van der Waals surface area (Å²) < 4.78 is 27.9. The molecule has 27 heavy (non-hydrogen) atoms. The van der Waals surface area contributed by atoms with Gasteiger partial charge in [-0.25, -0.2) is 13.8 Å². The highest BCUT2D eigenvalue weighted by molar-refractivity contribution is 7.22. The van der Waals surface area contributed by atoms with E-state index in [4.69, 9.17) is 0 Å². The highest BCUT2D eigenvalue weighted by Crippen LogP contribution is 2.31. The summed E-state index contributed by atoms with van der Waals surface area (Å²) in [6.07, 6.45) is 0.224. The van der Waals surface area contributed by atoms with Gasteiger partial charge in [0.15, 0.2) is 10.9 Å². The van der Waals surface area contributed by atoms with Crippen molar-refractivity contribution >= 4 is 32.6 Å². The molecule has 1 amide bonds. The van der Waals surface area contributed by atoms with E-state index >= 15 is 0 Å². The van der Waals surface area contributed by atoms with Crippen LogP contribution >= 0.6 is 11.3 Å². The molecule has 0 N–H and O–H groups in total. The van der Waals surface area contributed by atoms with Crippen LogP contribution in [0.2, 0.25) is 0 Å². The van der Waals surface area contributed by atoms with E-state index in [1.54, 1.807) is 4.90 Å². The summed E-state index contributed by atoms with van der Waals surface area (Å²) in [6.45, 7) is 3.02. The van der Waals surface area contributed by atoms with Crippen molar-refractivity contribution in [2.24, 2.45) is 0 Å². The Balaban J connectivity index is 1.93. The molecule has 142 valence electrons. The predicted molar refractivity (Wildman–Crippen MR) is 105 cm³/mol. The molecule has 1 aromatic heterocycles. The van der Waals surface area contributed by atoms with Gasteiger partial charge in [-0.1, -0.05) is 41.2 Å². The number of nitrogens with zero attached hydrogens (tertiary/aromatic N) is 3. The van der Waals surface area contributed by atoms with Gasteiger partial charge in [0.05, 0.1) is 11.1 Å². The molecule has 7 heteroatoms. The molecule has 0 spiro atoms. The lowest BCUT2D eigenvalue weighted by Crippen LogP contribution is -2.37. The van der Waals surface area contributed by atoms with Gasteiger partial charge in [0, 0.05) is 19.2 Å². The Kier molecular flexibility index (Phi) is 5.82. The van der Waals surface area contributed by atoms with Crippen LogP contribution < -0.4 is 4.90 Å². The molecule has 2 aromatic carbocycles. The quantitative estimate of drug-likeness (QED) is 0.639. The third-order valence-electron chi connectivity index (χ3n) is 4.14. The molecule has 0 aliphatic rings. The van der Waals surface area contributed by atoms with Gasteiger partial charge in [0.25, 0.3) is 0 Å². The molecule has 0 bridgehead atoms. The largest absolute Gasteiger partial charge is 0.308 e. The molecule has 0 unspecified atom stereocenters. The minimum Gasteiger partial charge on any atom is -0.308 e. The van der Waals surface area contributed by atoms with E-state index in [1.165, 1.54) is 6.07 Å². The van der Waals surface area contributed by atoms with E-state index in [-0.39, 0.29) is 17.8 Å². The van der Waals surface area contributed by atoms with Crippen molar-refractivity contribution in [2.45, 2.75) is 13.3 Å². The Hall–Kier alpha value is -2.38. The van der Waals surface area contributed by atoms with Gasteiger partial charge < -0.3 is 4.90 Å². The number of anilines is 1. The van der Waals surface area contributed by atoms with Crippen LogP contribution in [0, 0.1) is 18.6 Å². The fourth-order valence-corrected chi connectivity index (χ4v) is 3.83. The summed E-state index contributed by atoms with van der Waals surface area (Å²) >= 11 is 1.12. The molecule has 0 aliphatic carbocycles. The third-order valence-corrected chi connectivity index (χ3v) is 5.17. The molecular weight excluding hydrogens is 368 g/mol. The van der Waals surface area contributed by atoms with E-state index < -0.39 is 11.6 Å². The molecule has 0 aliphatic heterocycles. The number of benzene rings is 2. The minimum absolute atomic E-state index is 0.0922. The zero-order valence-corrected chi connectivity index (χ0v) is 16.3. The normalized spacial score (nSPS) is 11.3. The van der Waals surface area contributed by atoms with E-state index in [0.29, 0.717) is 22.9 Å². The topological polar surface area (TPSA) is 36.4 Å². The van der Waals surface area contributed by atoms with Crippen LogP contribution in [-0.2, 0) is 11.2 Å². The third kappa shape index (κ3) is 4.67. The standard InChI is InChI=1S/C20H21F2N3OS/c1-13-5-4-6-14(9-13)10-18(26)25(8-7-24(2)3)20-23-19-16(22)11-15(21)12-17(19)27-20/h4-6,9,11-12H,7-8,10H2,1-3H3. The number of carbonyl (C=O) groups is 1. The van der Waals surface area contributed by atoms with Gasteiger partial charge >= 0.3 is 0 Å². The van der Waals surface area contributed by atoms with Crippen molar-refractivity contribution in [1.82, 2.24) is 9.88 Å². The number of halogens is 2. The minimum atomic E-state index is -0.716. The van der Waals surface area contributed by atoms with Gasteiger partial charge in [0.1, 0.15) is 11.3 Å². The average molecular weight is 389 g/mol. The van der Waals surface area contributed by atoms with Crippen LogP contribution in [0.15, 0.2) is 36.4 Å². The molecule has 4 nitrogen and oxygen atoms in total. The lowest BCUT2D eigenvalue weighted by molar-refractivity contribution is -0.118. The summed E-state index contributed by atoms with van der Waals surface area (Å²) in [5, 5.41) is 0.383. The fourth-order valence-electron chi connectivity index (χ4n) is 2.78. The Morgan fingerprint density at radius 1 is 1.15 bits per heavy atom. The monoisotopic (exact) mass is 389 g/mol. The van der Waals surface area contributed by atoms with E-state index in [1.807, 2.05) is 50.2 Å². The number of hydrogen-bond donors (Lipinski definition) is 0. The Bertz CT molecular complexity index is 971. The van der Waals surface area contributed by atoms with Gasteiger partial charge in [-0.2, -0.15) is 0 Å². The van der Waals surface area contributed by atoms with Crippen molar-refractivity contribution in [1.29, 1.82) is 0 Å². The predicted octanol–water partition coefficient (Wildman–Crippen LogP) is 4.02. The zero-order chi connectivity index (χ0) is 19.6. The van der Waals surface area contributed by atoms with Crippen LogP contribution in [0.4, 0.5) is 13.9 Å². The summed E-state index contributed by atoms with van der Waals surface area (Å²) in [4.78, 5) is 20.8. The second-order valence-electron chi connectivity index (χ2n) is 6.75. The number of carbonyl (C=O) groups excluding carboxylic acids is 1. The Morgan fingerprint density at radius 3 is 2.63 bits per heavy atom. The number of aromatic nitrogens is 1. The molecule has 0 saturated carbocycles. The van der Waals surface area contributed by atoms with Crippen molar-refractivity contribution in [3.63, 3.8) is 0 Å². The van der Waals surface area contributed by atoms with Crippen LogP contribution in [0.25, 0.3) is 10.2 Å². The van der Waals surface area contributed by atoms with Gasteiger partial charge in [-0.05, 0) is 32.6 Å². The molecule has 1 heterocycles. The Labute approximate surface area is 161 Å². The van der Waals surface area contributed by atoms with Crippen LogP contribution in [0.3, 0.4) is 0 Å². The molecule has 3 rings (SSSR count). The van der Waals surface area contributed by atoms with Gasteiger partial charge in [-0.15, -0.1) is 0 Å². The zero-order valence-electron chi connectivity index (χ0n) is 15.5. The highest BCUT2D eigenvalue weighted by Gasteiger charge is 2.21. The average Bonchev–Trinajstić information content (AvgIpc) is 2.98. The van der Waals surface area contributed by atoms with E-state index in [0.717, 1.165) is 28.5 Å². The SMILES string of the molecule is Cc1cccc(CC(=O)N(CCN(C)C)c2nc3c(F)cc(F)cc3s2)c1. The number of amides is 1. The number of hydrogen-bond acceptors (Lipinski definition) is 4. The maximum atomic E-state index is 14.0. The first-order chi connectivity index (χ1) is 12.8. The molecule has 0 radical (unpaired) electrons. The summed E-state index contributed by atoms with van der Waals surface area (Å²) in [7, 11) is 3.83. The first-order valence-corrected chi connectivity index (χ1v) is 9.41. The number of fused-ring (bicyclic) bond motifs is 1. The van der Waals surface area contributed by atoms with E-state index in [2.05, 4.69) is 4.98 Å². The van der Waals surface area contributed by atoms with Crippen LogP contribution in [0.1, 0.15) is 11.1 Å². The smallest absolute Gasteiger partial charge is 0.233 e. The van der Waals surface area contributed by atoms with E-state index in [9.17, 15) is 13.6 Å². The lowest BCUT2D eigenvalue weighted by Gasteiger charge is -2.22. The molecular formula is C20H21F2N3OS. The number of aryl methyl sites for hydroxylation is 1. The molecule has 0 atom stereocenters. The first kappa shape index (κ1) is 19.4. The van der Waals surface area contributed by atoms with Crippen LogP contribution in [0.5, 0.6) is 0 Å². The maximum absolute atomic E-state index is 14.0. The van der Waals surface area contributed by atoms with Crippen molar-refractivity contribution in [3.05, 3.63) is 59.2 Å². The van der Waals surface area contributed by atoms with Crippen molar-refractivity contribution < 1.29 is 13.6 Å². The molecule has 3 aromatic rings.